The number of nitriles is 1. The van der Waals surface area contributed by atoms with Crippen LogP contribution in [0.25, 0.3) is 10.8 Å². The minimum atomic E-state index is 0.211. The number of fused-ring (bicyclic) bond motifs is 1. The zero-order valence-electron chi connectivity index (χ0n) is 6.78. The number of nitrogens with zero attached hydrogens (tertiary/aromatic N) is 1. The van der Waals surface area contributed by atoms with E-state index in [0.29, 0.717) is 5.56 Å². The Kier molecular flexibility index (Phi) is 1.64. The van der Waals surface area contributed by atoms with Crippen LogP contribution in [0.2, 0.25) is 0 Å². The molecule has 2 rings (SSSR count). The van der Waals surface area contributed by atoms with Gasteiger partial charge in [-0.2, -0.15) is 5.26 Å². The molecule has 61 valence electrons. The van der Waals surface area contributed by atoms with Crippen LogP contribution in [0.3, 0.4) is 0 Å². The molecule has 0 amide bonds. The van der Waals surface area contributed by atoms with E-state index < -0.39 is 0 Å². The maximum absolute atomic E-state index is 9.20. The summed E-state index contributed by atoms with van der Waals surface area (Å²) < 4.78 is 0. The Balaban J connectivity index is 2.87. The molecule has 0 heterocycles. The minimum absolute atomic E-state index is 0.211. The largest absolute Gasteiger partial charge is 0.508 e. The smallest absolute Gasteiger partial charge is 0.116 e. The zero-order chi connectivity index (χ0) is 9.26. The normalized spacial score (nSPS) is 9.77. The van der Waals surface area contributed by atoms with E-state index in [2.05, 4.69) is 12.1 Å². The van der Waals surface area contributed by atoms with Crippen LogP contribution in [0, 0.1) is 17.4 Å². The van der Waals surface area contributed by atoms with Crippen molar-refractivity contribution in [3.05, 3.63) is 42.0 Å². The summed E-state index contributed by atoms with van der Waals surface area (Å²) >= 11 is 0. The number of phenolic OH excluding ortho intramolecular Hbond substituents is 1. The van der Waals surface area contributed by atoms with Gasteiger partial charge in [-0.25, -0.2) is 0 Å². The lowest BCUT2D eigenvalue weighted by atomic mass is 10.1. The Labute approximate surface area is 75.7 Å². The Hall–Kier alpha value is -2.01. The molecule has 2 heteroatoms. The molecule has 0 bridgehead atoms. The summed E-state index contributed by atoms with van der Waals surface area (Å²) in [7, 11) is 0. The topological polar surface area (TPSA) is 44.0 Å². The molecule has 0 aliphatic carbocycles. The Morgan fingerprint density at radius 3 is 2.92 bits per heavy atom. The molecule has 1 N–H and O–H groups in total. The number of benzene rings is 2. The molecule has 2 aromatic rings. The van der Waals surface area contributed by atoms with Crippen LogP contribution in [0.15, 0.2) is 30.3 Å². The first-order valence-corrected chi connectivity index (χ1v) is 3.85. The highest BCUT2D eigenvalue weighted by atomic mass is 16.3. The molecule has 0 aromatic heterocycles. The average molecular weight is 168 g/mol. The van der Waals surface area contributed by atoms with E-state index in [1.54, 1.807) is 24.3 Å². The van der Waals surface area contributed by atoms with Gasteiger partial charge in [-0.15, -0.1) is 0 Å². The second-order valence-electron chi connectivity index (χ2n) is 2.74. The number of phenols is 1. The van der Waals surface area contributed by atoms with Crippen molar-refractivity contribution in [2.24, 2.45) is 0 Å². The van der Waals surface area contributed by atoms with Crippen molar-refractivity contribution in [1.82, 2.24) is 0 Å². The second kappa shape index (κ2) is 2.80. The number of hydrogen-bond donors (Lipinski definition) is 1. The van der Waals surface area contributed by atoms with Gasteiger partial charge < -0.3 is 5.11 Å². The molecule has 2 aromatic carbocycles. The third kappa shape index (κ3) is 1.21. The van der Waals surface area contributed by atoms with Crippen molar-refractivity contribution in [2.75, 3.05) is 0 Å². The van der Waals surface area contributed by atoms with Crippen LogP contribution in [-0.2, 0) is 0 Å². The van der Waals surface area contributed by atoms with Gasteiger partial charge in [0, 0.05) is 11.5 Å². The first-order valence-electron chi connectivity index (χ1n) is 3.85. The van der Waals surface area contributed by atoms with E-state index in [9.17, 15) is 5.11 Å². The highest BCUT2D eigenvalue weighted by molar-refractivity contribution is 5.88. The monoisotopic (exact) mass is 168 g/mol. The molecule has 0 spiro atoms. The minimum Gasteiger partial charge on any atom is -0.508 e. The van der Waals surface area contributed by atoms with Gasteiger partial charge in [-0.05, 0) is 23.6 Å². The van der Waals surface area contributed by atoms with Gasteiger partial charge in [0.25, 0.3) is 0 Å². The summed E-state index contributed by atoms with van der Waals surface area (Å²) in [4.78, 5) is 0. The number of hydrogen-bond acceptors (Lipinski definition) is 2. The lowest BCUT2D eigenvalue weighted by Crippen LogP contribution is -1.78. The molecule has 1 radical (unpaired) electrons. The zero-order valence-corrected chi connectivity index (χ0v) is 6.78. The van der Waals surface area contributed by atoms with E-state index in [1.807, 2.05) is 6.07 Å². The highest BCUT2D eigenvalue weighted by Gasteiger charge is 1.99. The predicted octanol–water partition coefficient (Wildman–Crippen LogP) is 2.22. The third-order valence-corrected chi connectivity index (χ3v) is 1.91. The quantitative estimate of drug-likeness (QED) is 0.655. The third-order valence-electron chi connectivity index (χ3n) is 1.91. The molecule has 0 atom stereocenters. The lowest BCUT2D eigenvalue weighted by Gasteiger charge is -1.99. The van der Waals surface area contributed by atoms with Crippen LogP contribution < -0.4 is 0 Å². The molecule has 0 saturated carbocycles. The van der Waals surface area contributed by atoms with Crippen molar-refractivity contribution in [2.45, 2.75) is 0 Å². The van der Waals surface area contributed by atoms with E-state index in [-0.39, 0.29) is 5.75 Å². The summed E-state index contributed by atoms with van der Waals surface area (Å²) in [5, 5.41) is 19.6. The Morgan fingerprint density at radius 2 is 2.15 bits per heavy atom. The first-order chi connectivity index (χ1) is 6.31. The van der Waals surface area contributed by atoms with Crippen molar-refractivity contribution >= 4 is 10.8 Å². The Bertz CT molecular complexity index is 497. The number of aromatic hydroxyl groups is 1. The Morgan fingerprint density at radius 1 is 1.31 bits per heavy atom. The van der Waals surface area contributed by atoms with Crippen molar-refractivity contribution in [3.8, 4) is 11.8 Å². The molecular weight excluding hydrogens is 162 g/mol. The molecule has 2 nitrogen and oxygen atoms in total. The van der Waals surface area contributed by atoms with Crippen LogP contribution in [0.5, 0.6) is 5.75 Å². The molecule has 0 fully saturated rings. The molecule has 0 saturated heterocycles. The maximum Gasteiger partial charge on any atom is 0.116 e. The van der Waals surface area contributed by atoms with Gasteiger partial charge in [0.15, 0.2) is 0 Å². The summed E-state index contributed by atoms with van der Waals surface area (Å²) in [5.41, 5.74) is 0.512. The van der Waals surface area contributed by atoms with Crippen LogP contribution in [0.1, 0.15) is 5.56 Å². The summed E-state index contributed by atoms with van der Waals surface area (Å²) in [6, 6.07) is 13.3. The number of rotatable bonds is 0. The van der Waals surface area contributed by atoms with E-state index in [1.165, 1.54) is 0 Å². The maximum atomic E-state index is 9.20. The SMILES string of the molecule is N#Cc1[c]ccc2cc(O)ccc12. The average Bonchev–Trinajstić information content (AvgIpc) is 2.16. The molecular formula is C11H6NO. The summed E-state index contributed by atoms with van der Waals surface area (Å²) in [5.74, 6) is 0.211. The summed E-state index contributed by atoms with van der Waals surface area (Å²) in [6.07, 6.45) is 0. The highest BCUT2D eigenvalue weighted by Crippen LogP contribution is 2.21. The van der Waals surface area contributed by atoms with Crippen LogP contribution in [-0.4, -0.2) is 5.11 Å². The lowest BCUT2D eigenvalue weighted by molar-refractivity contribution is 0.476. The van der Waals surface area contributed by atoms with Gasteiger partial charge in [-0.3, -0.25) is 0 Å². The van der Waals surface area contributed by atoms with Gasteiger partial charge in [0.2, 0.25) is 0 Å². The standard InChI is InChI=1S/C11H6NO/c12-7-9-3-1-2-8-6-10(13)4-5-11(8)9/h1-2,4-6,13H. The fourth-order valence-corrected chi connectivity index (χ4v) is 1.30. The van der Waals surface area contributed by atoms with Crippen LogP contribution >= 0.6 is 0 Å². The summed E-state index contributed by atoms with van der Waals surface area (Å²) in [6.45, 7) is 0. The van der Waals surface area contributed by atoms with E-state index in [0.717, 1.165) is 10.8 Å². The predicted molar refractivity (Wildman–Crippen MR) is 49.2 cm³/mol. The fraction of sp³-hybridized carbons (Fsp3) is 0. The first kappa shape index (κ1) is 7.63. The van der Waals surface area contributed by atoms with Crippen molar-refractivity contribution < 1.29 is 5.11 Å². The molecule has 0 aliphatic heterocycles. The van der Waals surface area contributed by atoms with Gasteiger partial charge in [-0.1, -0.05) is 12.1 Å². The van der Waals surface area contributed by atoms with Crippen molar-refractivity contribution in [3.63, 3.8) is 0 Å². The van der Waals surface area contributed by atoms with Gasteiger partial charge >= 0.3 is 0 Å². The van der Waals surface area contributed by atoms with Crippen LogP contribution in [0.4, 0.5) is 0 Å². The second-order valence-corrected chi connectivity index (χ2v) is 2.74. The fourth-order valence-electron chi connectivity index (χ4n) is 1.30. The molecule has 0 unspecified atom stereocenters. The van der Waals surface area contributed by atoms with Crippen molar-refractivity contribution in [1.29, 1.82) is 5.26 Å². The van der Waals surface area contributed by atoms with E-state index in [4.69, 9.17) is 5.26 Å². The molecule has 13 heavy (non-hydrogen) atoms. The van der Waals surface area contributed by atoms with Gasteiger partial charge in [0.1, 0.15) is 11.8 Å². The molecule has 0 aliphatic rings. The van der Waals surface area contributed by atoms with E-state index >= 15 is 0 Å². The van der Waals surface area contributed by atoms with Gasteiger partial charge in [0.05, 0.1) is 5.56 Å².